The Labute approximate surface area is 201 Å². The number of azo groups is 1. The van der Waals surface area contributed by atoms with Crippen LogP contribution >= 0.6 is 0 Å². The SMILES string of the molecule is C=C/N=N\C(=C/C(=C)C1CC[C@](C)(C(=O)N2CCC(CCO)C2)C1(C)C)c1c(F)cccc1F. The number of aliphatic hydroxyl groups is 1. The minimum atomic E-state index is -0.737. The van der Waals surface area contributed by atoms with E-state index in [-0.39, 0.29) is 29.7 Å². The molecular formula is C27H35F2N3O2. The predicted molar refractivity (Wildman–Crippen MR) is 130 cm³/mol. The third-order valence-corrected chi connectivity index (χ3v) is 8.04. The Morgan fingerprint density at radius 1 is 1.26 bits per heavy atom. The van der Waals surface area contributed by atoms with Gasteiger partial charge in [-0.3, -0.25) is 4.79 Å². The zero-order chi connectivity index (χ0) is 25.1. The monoisotopic (exact) mass is 471 g/mol. The molecule has 2 fully saturated rings. The van der Waals surface area contributed by atoms with Gasteiger partial charge in [-0.15, -0.1) is 0 Å². The van der Waals surface area contributed by atoms with Crippen LogP contribution in [0.15, 0.2) is 59.4 Å². The number of likely N-dealkylation sites (tertiary alicyclic amines) is 1. The molecule has 1 heterocycles. The van der Waals surface area contributed by atoms with Crippen LogP contribution in [0.2, 0.25) is 0 Å². The number of rotatable bonds is 8. The largest absolute Gasteiger partial charge is 0.396 e. The number of allylic oxidation sites excluding steroid dienone is 2. The van der Waals surface area contributed by atoms with Crippen LogP contribution in [0.3, 0.4) is 0 Å². The van der Waals surface area contributed by atoms with E-state index in [1.807, 2.05) is 11.8 Å². The van der Waals surface area contributed by atoms with Gasteiger partial charge in [0, 0.05) is 25.9 Å². The van der Waals surface area contributed by atoms with Crippen LogP contribution in [0.4, 0.5) is 8.78 Å². The van der Waals surface area contributed by atoms with E-state index in [9.17, 15) is 18.7 Å². The predicted octanol–water partition coefficient (Wildman–Crippen LogP) is 6.13. The number of carbonyl (C=O) groups excluding carboxylic acids is 1. The maximum absolute atomic E-state index is 14.5. The fraction of sp³-hybridized carbons (Fsp3) is 0.519. The van der Waals surface area contributed by atoms with Crippen molar-refractivity contribution in [2.45, 2.75) is 46.5 Å². The van der Waals surface area contributed by atoms with Gasteiger partial charge in [-0.05, 0) is 66.7 Å². The molecule has 7 heteroatoms. The molecule has 1 saturated heterocycles. The fourth-order valence-corrected chi connectivity index (χ4v) is 5.59. The van der Waals surface area contributed by atoms with Gasteiger partial charge in [0.1, 0.15) is 11.6 Å². The van der Waals surface area contributed by atoms with E-state index >= 15 is 0 Å². The van der Waals surface area contributed by atoms with Crippen LogP contribution in [-0.4, -0.2) is 35.6 Å². The molecule has 2 unspecified atom stereocenters. The maximum Gasteiger partial charge on any atom is 0.229 e. The lowest BCUT2D eigenvalue weighted by molar-refractivity contribution is -0.146. The molecule has 3 rings (SSSR count). The molecule has 1 aliphatic heterocycles. The second-order valence-electron chi connectivity index (χ2n) is 10.2. The quantitative estimate of drug-likeness (QED) is 0.366. The number of carbonyl (C=O) groups is 1. The molecule has 0 bridgehead atoms. The van der Waals surface area contributed by atoms with E-state index in [0.717, 1.165) is 12.8 Å². The molecule has 1 aromatic carbocycles. The number of nitrogens with zero attached hydrogens (tertiary/aromatic N) is 3. The highest BCUT2D eigenvalue weighted by Gasteiger charge is 2.57. The molecule has 0 radical (unpaired) electrons. The zero-order valence-electron chi connectivity index (χ0n) is 20.4. The Morgan fingerprint density at radius 3 is 2.56 bits per heavy atom. The van der Waals surface area contributed by atoms with Gasteiger partial charge in [0.2, 0.25) is 5.91 Å². The molecule has 0 spiro atoms. The maximum atomic E-state index is 14.5. The van der Waals surface area contributed by atoms with Crippen molar-refractivity contribution in [2.24, 2.45) is 32.9 Å². The minimum Gasteiger partial charge on any atom is -0.396 e. The van der Waals surface area contributed by atoms with Crippen molar-refractivity contribution in [3.63, 3.8) is 0 Å². The number of benzene rings is 1. The Balaban J connectivity index is 1.89. The summed E-state index contributed by atoms with van der Waals surface area (Å²) in [5, 5.41) is 17.0. The summed E-state index contributed by atoms with van der Waals surface area (Å²) >= 11 is 0. The van der Waals surface area contributed by atoms with Crippen molar-refractivity contribution in [3.8, 4) is 0 Å². The Hall–Kier alpha value is -2.67. The second-order valence-corrected chi connectivity index (χ2v) is 10.2. The number of halogens is 2. The van der Waals surface area contributed by atoms with Crippen LogP contribution < -0.4 is 0 Å². The molecule has 1 saturated carbocycles. The highest BCUT2D eigenvalue weighted by atomic mass is 19.1. The Morgan fingerprint density at radius 2 is 1.94 bits per heavy atom. The zero-order valence-corrected chi connectivity index (χ0v) is 20.4. The van der Waals surface area contributed by atoms with Crippen LogP contribution in [0, 0.1) is 34.3 Å². The summed E-state index contributed by atoms with van der Waals surface area (Å²) in [6.07, 6.45) is 5.81. The van der Waals surface area contributed by atoms with Crippen LogP contribution in [0.5, 0.6) is 0 Å². The first-order valence-electron chi connectivity index (χ1n) is 11.8. The average molecular weight is 472 g/mol. The number of aliphatic hydroxyl groups excluding tert-OH is 1. The number of hydrogen-bond donors (Lipinski definition) is 1. The lowest BCUT2D eigenvalue weighted by Crippen LogP contribution is -2.48. The number of amides is 1. The van der Waals surface area contributed by atoms with E-state index in [4.69, 9.17) is 0 Å². The van der Waals surface area contributed by atoms with Gasteiger partial charge in [0.05, 0.1) is 16.7 Å². The van der Waals surface area contributed by atoms with Crippen molar-refractivity contribution in [3.05, 3.63) is 66.4 Å². The molecular weight excluding hydrogens is 436 g/mol. The molecule has 184 valence electrons. The van der Waals surface area contributed by atoms with E-state index < -0.39 is 22.5 Å². The summed E-state index contributed by atoms with van der Waals surface area (Å²) in [7, 11) is 0. The Bertz CT molecular complexity index is 997. The third kappa shape index (κ3) is 4.76. The van der Waals surface area contributed by atoms with Gasteiger partial charge in [0.25, 0.3) is 0 Å². The van der Waals surface area contributed by atoms with E-state index in [1.165, 1.54) is 24.4 Å². The summed E-state index contributed by atoms with van der Waals surface area (Å²) in [5.74, 6) is -1.09. The standard InChI is InChI=1S/C27H35F2N3O2/c1-6-30-31-23(24-21(28)8-7-9-22(24)29)16-18(2)20-10-13-27(5,26(20,3)4)25(34)32-14-11-19(17-32)12-15-33/h6-9,16,19-20,33H,1-2,10-15,17H2,3-5H3/b23-16-,31-30-/t19?,20?,27-/m1/s1. The first-order chi connectivity index (χ1) is 16.1. The molecule has 1 aromatic rings. The summed E-state index contributed by atoms with van der Waals surface area (Å²) in [5.41, 5.74) is -0.629. The van der Waals surface area contributed by atoms with Crippen molar-refractivity contribution in [1.29, 1.82) is 0 Å². The van der Waals surface area contributed by atoms with Gasteiger partial charge in [-0.25, -0.2) is 8.78 Å². The van der Waals surface area contributed by atoms with E-state index in [2.05, 4.69) is 37.2 Å². The van der Waals surface area contributed by atoms with Crippen LogP contribution in [0.1, 0.15) is 52.0 Å². The molecule has 34 heavy (non-hydrogen) atoms. The fourth-order valence-electron chi connectivity index (χ4n) is 5.59. The van der Waals surface area contributed by atoms with Gasteiger partial charge in [-0.2, -0.15) is 10.2 Å². The van der Waals surface area contributed by atoms with Gasteiger partial charge >= 0.3 is 0 Å². The molecule has 1 amide bonds. The van der Waals surface area contributed by atoms with Gasteiger partial charge in [-0.1, -0.05) is 40.0 Å². The van der Waals surface area contributed by atoms with Crippen molar-refractivity contribution in [2.75, 3.05) is 19.7 Å². The van der Waals surface area contributed by atoms with Gasteiger partial charge in [0.15, 0.2) is 0 Å². The van der Waals surface area contributed by atoms with E-state index in [1.54, 1.807) is 6.08 Å². The highest BCUT2D eigenvalue weighted by Crippen LogP contribution is 2.59. The minimum absolute atomic E-state index is 0.0302. The smallest absolute Gasteiger partial charge is 0.229 e. The molecule has 0 aromatic heterocycles. The molecule has 3 atom stereocenters. The summed E-state index contributed by atoms with van der Waals surface area (Å²) in [6.45, 7) is 15.4. The van der Waals surface area contributed by atoms with Crippen molar-refractivity contribution < 1.29 is 18.7 Å². The number of hydrogen-bond acceptors (Lipinski definition) is 4. The molecule has 1 aliphatic carbocycles. The highest BCUT2D eigenvalue weighted by molar-refractivity contribution is 5.84. The normalized spacial score (nSPS) is 26.9. The van der Waals surface area contributed by atoms with Crippen LogP contribution in [-0.2, 0) is 4.79 Å². The third-order valence-electron chi connectivity index (χ3n) is 8.04. The molecule has 1 N–H and O–H groups in total. The van der Waals surface area contributed by atoms with Crippen LogP contribution in [0.25, 0.3) is 5.70 Å². The Kier molecular flexibility index (Phi) is 7.86. The average Bonchev–Trinajstić information content (AvgIpc) is 3.34. The van der Waals surface area contributed by atoms with E-state index in [0.29, 0.717) is 37.4 Å². The molecule has 5 nitrogen and oxygen atoms in total. The topological polar surface area (TPSA) is 65.3 Å². The first kappa shape index (κ1) is 25.9. The summed E-state index contributed by atoms with van der Waals surface area (Å²) in [4.78, 5) is 15.6. The molecule has 2 aliphatic rings. The van der Waals surface area contributed by atoms with Crippen molar-refractivity contribution >= 4 is 11.6 Å². The second kappa shape index (κ2) is 10.3. The lowest BCUT2D eigenvalue weighted by Gasteiger charge is -2.43. The lowest BCUT2D eigenvalue weighted by atomic mass is 9.63. The van der Waals surface area contributed by atoms with Crippen molar-refractivity contribution in [1.82, 2.24) is 4.90 Å². The summed E-state index contributed by atoms with van der Waals surface area (Å²) < 4.78 is 29.0. The first-order valence-corrected chi connectivity index (χ1v) is 11.8. The summed E-state index contributed by atoms with van der Waals surface area (Å²) in [6, 6.07) is 3.65. The van der Waals surface area contributed by atoms with Gasteiger partial charge < -0.3 is 10.0 Å².